The van der Waals surface area contributed by atoms with Gasteiger partial charge in [0.05, 0.1) is 0 Å². The summed E-state index contributed by atoms with van der Waals surface area (Å²) >= 11 is 0. The van der Waals surface area contributed by atoms with Crippen LogP contribution in [0, 0.1) is 25.5 Å². The number of Topliss-reactive ketones (excluding diaryl/α,β-unsaturated/α-hetero) is 1. The summed E-state index contributed by atoms with van der Waals surface area (Å²) in [4.78, 5) is 24.5. The maximum atomic E-state index is 13.1. The number of hydrogen-bond acceptors (Lipinski definition) is 3. The molecular formula is C25H23F2NO3. The lowest BCUT2D eigenvalue weighted by Crippen LogP contribution is -2.14. The number of hydrogen-bond donors (Lipinski definition) is 0. The van der Waals surface area contributed by atoms with Crippen molar-refractivity contribution in [2.45, 2.75) is 26.8 Å². The van der Waals surface area contributed by atoms with Crippen LogP contribution in [-0.4, -0.2) is 22.9 Å². The van der Waals surface area contributed by atoms with Gasteiger partial charge in [-0.3, -0.25) is 4.79 Å². The van der Waals surface area contributed by atoms with Crippen LogP contribution in [0.2, 0.25) is 0 Å². The number of carbonyl (C=O) groups is 2. The highest BCUT2D eigenvalue weighted by molar-refractivity contribution is 6.00. The maximum Gasteiger partial charge on any atom is 0.331 e. The molecule has 0 atom stereocenters. The molecule has 0 fully saturated rings. The Morgan fingerprint density at radius 2 is 1.58 bits per heavy atom. The van der Waals surface area contributed by atoms with Gasteiger partial charge < -0.3 is 9.30 Å². The molecule has 0 amide bonds. The molecule has 31 heavy (non-hydrogen) atoms. The highest BCUT2D eigenvalue weighted by Gasteiger charge is 2.17. The van der Waals surface area contributed by atoms with E-state index in [2.05, 4.69) is 0 Å². The van der Waals surface area contributed by atoms with Gasteiger partial charge in [-0.15, -0.1) is 0 Å². The van der Waals surface area contributed by atoms with Crippen molar-refractivity contribution in [2.75, 3.05) is 6.61 Å². The maximum absolute atomic E-state index is 13.1. The fourth-order valence-electron chi connectivity index (χ4n) is 3.32. The molecule has 4 nitrogen and oxygen atoms in total. The van der Waals surface area contributed by atoms with Crippen molar-refractivity contribution >= 4 is 17.8 Å². The van der Waals surface area contributed by atoms with Crippen LogP contribution < -0.4 is 0 Å². The summed E-state index contributed by atoms with van der Waals surface area (Å²) < 4.78 is 33.0. The second-order valence-corrected chi connectivity index (χ2v) is 7.23. The third kappa shape index (κ3) is 5.98. The minimum Gasteiger partial charge on any atom is -0.454 e. The minimum atomic E-state index is -0.650. The Kier molecular flexibility index (Phi) is 7.13. The summed E-state index contributed by atoms with van der Waals surface area (Å²) in [6.07, 6.45) is 3.40. The first kappa shape index (κ1) is 22.2. The van der Waals surface area contributed by atoms with Gasteiger partial charge in [0.1, 0.15) is 11.6 Å². The molecule has 1 aromatic heterocycles. The molecule has 0 radical (unpaired) electrons. The van der Waals surface area contributed by atoms with Crippen LogP contribution in [0.1, 0.15) is 32.9 Å². The van der Waals surface area contributed by atoms with E-state index in [9.17, 15) is 18.4 Å². The van der Waals surface area contributed by atoms with Crippen molar-refractivity contribution in [3.8, 4) is 0 Å². The van der Waals surface area contributed by atoms with Gasteiger partial charge in [0, 0.05) is 29.6 Å². The molecular weight excluding hydrogens is 400 g/mol. The van der Waals surface area contributed by atoms with E-state index in [4.69, 9.17) is 4.74 Å². The molecule has 0 saturated heterocycles. The zero-order valence-corrected chi connectivity index (χ0v) is 17.4. The fourth-order valence-corrected chi connectivity index (χ4v) is 3.32. The average molecular weight is 423 g/mol. The van der Waals surface area contributed by atoms with E-state index in [-0.39, 0.29) is 24.0 Å². The predicted molar refractivity (Wildman–Crippen MR) is 115 cm³/mol. The molecule has 160 valence electrons. The van der Waals surface area contributed by atoms with E-state index in [0.29, 0.717) is 24.1 Å². The van der Waals surface area contributed by atoms with E-state index in [1.54, 1.807) is 18.2 Å². The Hall–Kier alpha value is -3.54. The number of carbonyl (C=O) groups excluding carboxylic acids is 2. The third-order valence-corrected chi connectivity index (χ3v) is 5.04. The minimum absolute atomic E-state index is 0.271. The van der Waals surface area contributed by atoms with E-state index < -0.39 is 5.97 Å². The van der Waals surface area contributed by atoms with Gasteiger partial charge in [0.2, 0.25) is 5.78 Å². The standard InChI is InChI=1S/C25H23F2NO3/c1-17-15-23(18(2)28(17)14-13-20-5-10-22(27)11-6-20)24(29)16-31-25(30)12-7-19-3-8-21(26)9-4-19/h3-12,15H,13-14,16H2,1-2H3. The van der Waals surface area contributed by atoms with Crippen molar-refractivity contribution in [1.82, 2.24) is 4.57 Å². The van der Waals surface area contributed by atoms with Crippen LogP contribution in [0.3, 0.4) is 0 Å². The van der Waals surface area contributed by atoms with E-state index in [0.717, 1.165) is 17.0 Å². The SMILES string of the molecule is Cc1cc(C(=O)COC(=O)C=Cc2ccc(F)cc2)c(C)n1CCc1ccc(F)cc1. The molecule has 3 rings (SSSR count). The first-order valence-corrected chi connectivity index (χ1v) is 9.88. The topological polar surface area (TPSA) is 48.3 Å². The number of esters is 1. The lowest BCUT2D eigenvalue weighted by molar-refractivity contribution is -0.136. The smallest absolute Gasteiger partial charge is 0.331 e. The second kappa shape index (κ2) is 9.98. The van der Waals surface area contributed by atoms with Gasteiger partial charge in [0.15, 0.2) is 6.61 Å². The van der Waals surface area contributed by atoms with Crippen LogP contribution >= 0.6 is 0 Å². The van der Waals surface area contributed by atoms with Crippen LogP contribution in [0.5, 0.6) is 0 Å². The Labute approximate surface area is 179 Å². The Morgan fingerprint density at radius 3 is 2.23 bits per heavy atom. The number of nitrogens with zero attached hydrogens (tertiary/aromatic N) is 1. The first-order valence-electron chi connectivity index (χ1n) is 9.88. The van der Waals surface area contributed by atoms with Gasteiger partial charge in [-0.05, 0) is 67.8 Å². The van der Waals surface area contributed by atoms with Crippen molar-refractivity contribution < 1.29 is 23.1 Å². The molecule has 0 bridgehead atoms. The summed E-state index contributed by atoms with van der Waals surface area (Å²) in [5.41, 5.74) is 3.87. The molecule has 0 aliphatic rings. The summed E-state index contributed by atoms with van der Waals surface area (Å²) in [5.74, 6) is -1.57. The number of aryl methyl sites for hydroxylation is 2. The van der Waals surface area contributed by atoms with Crippen molar-refractivity contribution in [3.05, 3.63) is 100 Å². The van der Waals surface area contributed by atoms with Gasteiger partial charge >= 0.3 is 5.97 Å². The quantitative estimate of drug-likeness (QED) is 0.289. The summed E-state index contributed by atoms with van der Waals surface area (Å²) in [6.45, 7) is 4.04. The molecule has 0 N–H and O–H groups in total. The number of benzene rings is 2. The second-order valence-electron chi connectivity index (χ2n) is 7.23. The summed E-state index contributed by atoms with van der Waals surface area (Å²) in [6, 6.07) is 13.8. The predicted octanol–water partition coefficient (Wildman–Crippen LogP) is 5.07. The normalized spacial score (nSPS) is 11.1. The highest BCUT2D eigenvalue weighted by Crippen LogP contribution is 2.17. The third-order valence-electron chi connectivity index (χ3n) is 5.04. The largest absolute Gasteiger partial charge is 0.454 e. The van der Waals surface area contributed by atoms with Crippen molar-refractivity contribution in [3.63, 3.8) is 0 Å². The summed E-state index contributed by atoms with van der Waals surface area (Å²) in [5, 5.41) is 0. The Bertz CT molecular complexity index is 1100. The zero-order chi connectivity index (χ0) is 22.4. The van der Waals surface area contributed by atoms with Gasteiger partial charge in [-0.2, -0.15) is 0 Å². The van der Waals surface area contributed by atoms with Gasteiger partial charge in [-0.1, -0.05) is 24.3 Å². The zero-order valence-electron chi connectivity index (χ0n) is 17.4. The highest BCUT2D eigenvalue weighted by atomic mass is 19.1. The average Bonchev–Trinajstić information content (AvgIpc) is 3.04. The Morgan fingerprint density at radius 1 is 0.968 bits per heavy atom. The molecule has 0 saturated carbocycles. The molecule has 0 aliphatic carbocycles. The lowest BCUT2D eigenvalue weighted by atomic mass is 10.1. The van der Waals surface area contributed by atoms with Crippen molar-refractivity contribution in [1.29, 1.82) is 0 Å². The Balaban J connectivity index is 1.57. The molecule has 6 heteroatoms. The van der Waals surface area contributed by atoms with E-state index in [1.165, 1.54) is 48.6 Å². The molecule has 2 aromatic carbocycles. The summed E-state index contributed by atoms with van der Waals surface area (Å²) in [7, 11) is 0. The van der Waals surface area contributed by atoms with Crippen LogP contribution in [0.4, 0.5) is 8.78 Å². The molecule has 0 unspecified atom stereocenters. The number of aromatic nitrogens is 1. The van der Waals surface area contributed by atoms with Crippen LogP contribution in [-0.2, 0) is 22.5 Å². The van der Waals surface area contributed by atoms with Crippen LogP contribution in [0.25, 0.3) is 6.08 Å². The first-order chi connectivity index (χ1) is 14.8. The molecule has 0 aliphatic heterocycles. The number of rotatable bonds is 8. The monoisotopic (exact) mass is 423 g/mol. The molecule has 0 spiro atoms. The van der Waals surface area contributed by atoms with Crippen molar-refractivity contribution in [2.24, 2.45) is 0 Å². The van der Waals surface area contributed by atoms with Crippen LogP contribution in [0.15, 0.2) is 60.7 Å². The molecule has 3 aromatic rings. The van der Waals surface area contributed by atoms with Gasteiger partial charge in [-0.25, -0.2) is 13.6 Å². The fraction of sp³-hybridized carbons (Fsp3) is 0.200. The molecule has 1 heterocycles. The van der Waals surface area contributed by atoms with E-state index >= 15 is 0 Å². The van der Waals surface area contributed by atoms with E-state index in [1.807, 2.05) is 18.4 Å². The van der Waals surface area contributed by atoms with Gasteiger partial charge in [0.25, 0.3) is 0 Å². The number of ketones is 1. The number of halogens is 2. The lowest BCUT2D eigenvalue weighted by Gasteiger charge is -2.10. The number of ether oxygens (including phenoxy) is 1.